The first kappa shape index (κ1) is 13.4. The Kier molecular flexibility index (Phi) is 2.83. The summed E-state index contributed by atoms with van der Waals surface area (Å²) in [6.45, 7) is 3.57. The molecular formula is C17H15NO3. The number of allylic oxidation sites excluding steroid dienone is 2. The minimum absolute atomic E-state index is 0.162. The SMILES string of the molecule is CC1(C)C(O)=C(C=O)C(=O)c2ccc(-c3ccccc3)n21. The molecule has 0 atom stereocenters. The van der Waals surface area contributed by atoms with Gasteiger partial charge in [-0.25, -0.2) is 0 Å². The average molecular weight is 281 g/mol. The van der Waals surface area contributed by atoms with Crippen LogP contribution in [0.3, 0.4) is 0 Å². The molecule has 1 aromatic heterocycles. The first-order valence-electron chi connectivity index (χ1n) is 6.69. The van der Waals surface area contributed by atoms with Crippen molar-refractivity contribution in [3.05, 3.63) is 59.5 Å². The molecule has 21 heavy (non-hydrogen) atoms. The molecule has 0 fully saturated rings. The van der Waals surface area contributed by atoms with Gasteiger partial charge in [0.25, 0.3) is 0 Å². The van der Waals surface area contributed by atoms with E-state index >= 15 is 0 Å². The average Bonchev–Trinajstić information content (AvgIpc) is 2.93. The number of benzene rings is 1. The van der Waals surface area contributed by atoms with E-state index in [1.807, 2.05) is 36.4 Å². The third kappa shape index (κ3) is 1.76. The van der Waals surface area contributed by atoms with E-state index in [1.165, 1.54) is 0 Å². The number of hydrogen-bond acceptors (Lipinski definition) is 3. The highest BCUT2D eigenvalue weighted by molar-refractivity contribution is 6.21. The van der Waals surface area contributed by atoms with Crippen LogP contribution in [0, 0.1) is 0 Å². The molecule has 0 bridgehead atoms. The Labute approximate surface area is 122 Å². The van der Waals surface area contributed by atoms with Gasteiger partial charge in [0.05, 0.1) is 11.2 Å². The summed E-state index contributed by atoms with van der Waals surface area (Å²) in [6.07, 6.45) is 0.429. The number of Topliss-reactive ketones (excluding diaryl/α,β-unsaturated/α-hetero) is 1. The topological polar surface area (TPSA) is 59.3 Å². The molecule has 1 aliphatic heterocycles. The van der Waals surface area contributed by atoms with Crippen LogP contribution in [0.1, 0.15) is 24.3 Å². The van der Waals surface area contributed by atoms with E-state index in [4.69, 9.17) is 0 Å². The van der Waals surface area contributed by atoms with Crippen LogP contribution in [0.5, 0.6) is 0 Å². The lowest BCUT2D eigenvalue weighted by atomic mass is 9.90. The van der Waals surface area contributed by atoms with Crippen molar-refractivity contribution in [2.24, 2.45) is 0 Å². The maximum atomic E-state index is 12.3. The van der Waals surface area contributed by atoms with Gasteiger partial charge in [0.1, 0.15) is 11.3 Å². The zero-order valence-electron chi connectivity index (χ0n) is 11.8. The van der Waals surface area contributed by atoms with Gasteiger partial charge < -0.3 is 9.67 Å². The monoisotopic (exact) mass is 281 g/mol. The normalized spacial score (nSPS) is 16.8. The minimum atomic E-state index is -0.853. The fourth-order valence-corrected chi connectivity index (χ4v) is 2.84. The Balaban J connectivity index is 2.29. The van der Waals surface area contributed by atoms with Crippen LogP contribution >= 0.6 is 0 Å². The maximum absolute atomic E-state index is 12.3. The molecule has 3 rings (SSSR count). The van der Waals surface area contributed by atoms with Gasteiger partial charge >= 0.3 is 0 Å². The van der Waals surface area contributed by atoms with Gasteiger partial charge in [-0.15, -0.1) is 0 Å². The molecule has 2 aromatic rings. The lowest BCUT2D eigenvalue weighted by Crippen LogP contribution is -2.38. The van der Waals surface area contributed by atoms with Crippen molar-refractivity contribution < 1.29 is 14.7 Å². The summed E-state index contributed by atoms with van der Waals surface area (Å²) in [5.41, 5.74) is 1.19. The van der Waals surface area contributed by atoms with E-state index in [2.05, 4.69) is 0 Å². The number of ketones is 1. The summed E-state index contributed by atoms with van der Waals surface area (Å²) < 4.78 is 1.78. The summed E-state index contributed by atoms with van der Waals surface area (Å²) >= 11 is 0. The lowest BCUT2D eigenvalue weighted by Gasteiger charge is -2.34. The van der Waals surface area contributed by atoms with Crippen LogP contribution in [-0.4, -0.2) is 21.7 Å². The molecule has 4 heteroatoms. The Morgan fingerprint density at radius 1 is 1.05 bits per heavy atom. The summed E-state index contributed by atoms with van der Waals surface area (Å²) in [7, 11) is 0. The number of aliphatic hydroxyl groups is 1. The molecule has 0 radical (unpaired) electrons. The van der Waals surface area contributed by atoms with Gasteiger partial charge in [0.15, 0.2) is 6.29 Å². The molecule has 106 valence electrons. The third-order valence-electron chi connectivity index (χ3n) is 3.94. The summed E-state index contributed by atoms with van der Waals surface area (Å²) in [5.74, 6) is -0.632. The fourth-order valence-electron chi connectivity index (χ4n) is 2.84. The Hall–Kier alpha value is -2.62. The summed E-state index contributed by atoms with van der Waals surface area (Å²) in [4.78, 5) is 23.4. The van der Waals surface area contributed by atoms with Crippen molar-refractivity contribution in [1.82, 2.24) is 4.57 Å². The number of aromatic nitrogens is 1. The van der Waals surface area contributed by atoms with Crippen LogP contribution in [0.4, 0.5) is 0 Å². The Morgan fingerprint density at radius 3 is 2.29 bits per heavy atom. The second kappa shape index (κ2) is 4.45. The lowest BCUT2D eigenvalue weighted by molar-refractivity contribution is -0.104. The van der Waals surface area contributed by atoms with Crippen LogP contribution < -0.4 is 0 Å². The molecule has 2 heterocycles. The van der Waals surface area contributed by atoms with E-state index in [0.29, 0.717) is 12.0 Å². The van der Waals surface area contributed by atoms with E-state index < -0.39 is 11.3 Å². The molecule has 0 saturated carbocycles. The number of carbonyl (C=O) groups excluding carboxylic acids is 2. The Bertz CT molecular complexity index is 767. The molecule has 0 amide bonds. The Morgan fingerprint density at radius 2 is 1.67 bits per heavy atom. The summed E-state index contributed by atoms with van der Waals surface area (Å²) in [5, 5.41) is 10.3. The van der Waals surface area contributed by atoms with Crippen molar-refractivity contribution in [3.63, 3.8) is 0 Å². The molecule has 0 unspecified atom stereocenters. The van der Waals surface area contributed by atoms with Crippen molar-refractivity contribution >= 4 is 12.1 Å². The maximum Gasteiger partial charge on any atom is 0.216 e. The number of aldehydes is 1. The highest BCUT2D eigenvalue weighted by Crippen LogP contribution is 2.38. The molecule has 0 aliphatic carbocycles. The van der Waals surface area contributed by atoms with Gasteiger partial charge in [-0.05, 0) is 31.5 Å². The molecule has 4 nitrogen and oxygen atoms in total. The van der Waals surface area contributed by atoms with Crippen molar-refractivity contribution in [1.29, 1.82) is 0 Å². The van der Waals surface area contributed by atoms with Gasteiger partial charge in [-0.2, -0.15) is 0 Å². The zero-order chi connectivity index (χ0) is 15.2. The van der Waals surface area contributed by atoms with Crippen molar-refractivity contribution in [2.75, 3.05) is 0 Å². The molecular weight excluding hydrogens is 266 g/mol. The predicted molar refractivity (Wildman–Crippen MR) is 79.2 cm³/mol. The second-order valence-corrected chi connectivity index (χ2v) is 5.57. The number of aliphatic hydroxyl groups excluding tert-OH is 1. The number of hydrogen-bond donors (Lipinski definition) is 1. The van der Waals surface area contributed by atoms with Crippen LogP contribution in [0.2, 0.25) is 0 Å². The predicted octanol–water partition coefficient (Wildman–Crippen LogP) is 3.10. The smallest absolute Gasteiger partial charge is 0.216 e. The van der Waals surface area contributed by atoms with Gasteiger partial charge in [-0.3, -0.25) is 9.59 Å². The van der Waals surface area contributed by atoms with Crippen LogP contribution in [0.15, 0.2) is 53.8 Å². The van der Waals surface area contributed by atoms with Gasteiger partial charge in [0, 0.05) is 5.69 Å². The van der Waals surface area contributed by atoms with E-state index in [1.54, 1.807) is 24.5 Å². The third-order valence-corrected chi connectivity index (χ3v) is 3.94. The van der Waals surface area contributed by atoms with E-state index in [9.17, 15) is 14.7 Å². The second-order valence-electron chi connectivity index (χ2n) is 5.57. The molecule has 0 spiro atoms. The number of carbonyl (C=O) groups is 2. The van der Waals surface area contributed by atoms with E-state index in [-0.39, 0.29) is 11.3 Å². The van der Waals surface area contributed by atoms with Crippen molar-refractivity contribution in [2.45, 2.75) is 19.4 Å². The zero-order valence-corrected chi connectivity index (χ0v) is 11.8. The standard InChI is InChI=1S/C17H15NO3/c1-17(2)16(21)12(10-19)15(20)14-9-8-13(18(14)17)11-6-4-3-5-7-11/h3-10,21H,1-2H3. The van der Waals surface area contributed by atoms with Gasteiger partial charge in [0.2, 0.25) is 5.78 Å². The highest BCUT2D eigenvalue weighted by atomic mass is 16.3. The largest absolute Gasteiger partial charge is 0.509 e. The van der Waals surface area contributed by atoms with Gasteiger partial charge in [-0.1, -0.05) is 30.3 Å². The fraction of sp³-hybridized carbons (Fsp3) is 0.176. The number of rotatable bonds is 2. The molecule has 1 aliphatic rings. The minimum Gasteiger partial charge on any atom is -0.509 e. The number of fused-ring (bicyclic) bond motifs is 1. The van der Waals surface area contributed by atoms with Crippen molar-refractivity contribution in [3.8, 4) is 11.3 Å². The van der Waals surface area contributed by atoms with Crippen LogP contribution in [-0.2, 0) is 10.3 Å². The quantitative estimate of drug-likeness (QED) is 0.679. The van der Waals surface area contributed by atoms with Crippen LogP contribution in [0.25, 0.3) is 11.3 Å². The van der Waals surface area contributed by atoms with E-state index in [0.717, 1.165) is 11.3 Å². The first-order chi connectivity index (χ1) is 9.98. The molecule has 1 N–H and O–H groups in total. The highest BCUT2D eigenvalue weighted by Gasteiger charge is 2.40. The first-order valence-corrected chi connectivity index (χ1v) is 6.69. The summed E-state index contributed by atoms with van der Waals surface area (Å²) in [6, 6.07) is 13.2. The molecule has 1 aromatic carbocycles. The number of nitrogens with zero attached hydrogens (tertiary/aromatic N) is 1. The molecule has 0 saturated heterocycles.